The van der Waals surface area contributed by atoms with Crippen molar-refractivity contribution < 1.29 is 14.3 Å². The Morgan fingerprint density at radius 3 is 1.91 bits per heavy atom. The van der Waals surface area contributed by atoms with E-state index in [1.807, 2.05) is 13.8 Å². The molecule has 2 amide bonds. The van der Waals surface area contributed by atoms with Crippen molar-refractivity contribution in [2.75, 3.05) is 23.8 Å². The van der Waals surface area contributed by atoms with E-state index in [0.29, 0.717) is 43.6 Å². The molecule has 1 rings (SSSR count). The average molecular weight is 320 g/mol. The maximum atomic E-state index is 11.8. The van der Waals surface area contributed by atoms with Gasteiger partial charge in [0.2, 0.25) is 11.8 Å². The maximum absolute atomic E-state index is 11.8. The van der Waals surface area contributed by atoms with Gasteiger partial charge in [0.25, 0.3) is 0 Å². The van der Waals surface area contributed by atoms with E-state index < -0.39 is 0 Å². The third-order valence-electron chi connectivity index (χ3n) is 2.97. The summed E-state index contributed by atoms with van der Waals surface area (Å²) in [6.07, 6.45) is 0.828. The van der Waals surface area contributed by atoms with Gasteiger partial charge >= 0.3 is 0 Å². The molecule has 0 bridgehead atoms. The van der Waals surface area contributed by atoms with Crippen LogP contribution in [0.15, 0.2) is 24.3 Å². The number of carbonyl (C=O) groups excluding carboxylic acids is 2. The van der Waals surface area contributed by atoms with Crippen LogP contribution in [-0.2, 0) is 14.3 Å². The quantitative estimate of drug-likeness (QED) is 0.682. The van der Waals surface area contributed by atoms with Crippen molar-refractivity contribution in [3.8, 4) is 0 Å². The predicted octanol–water partition coefficient (Wildman–Crippen LogP) is 3.67. The minimum absolute atomic E-state index is 0.000846. The van der Waals surface area contributed by atoms with Gasteiger partial charge in [0.1, 0.15) is 0 Å². The van der Waals surface area contributed by atoms with Gasteiger partial charge in [0, 0.05) is 24.4 Å². The molecule has 5 heteroatoms. The van der Waals surface area contributed by atoms with Crippen LogP contribution < -0.4 is 10.6 Å². The molecule has 0 heterocycles. The average Bonchev–Trinajstić information content (AvgIpc) is 2.44. The molecule has 1 aromatic carbocycles. The van der Waals surface area contributed by atoms with Crippen LogP contribution in [0.25, 0.3) is 0 Å². The zero-order chi connectivity index (χ0) is 17.2. The molecule has 5 nitrogen and oxygen atoms in total. The number of amides is 2. The van der Waals surface area contributed by atoms with Crippen LogP contribution in [0.3, 0.4) is 0 Å². The lowest BCUT2D eigenvalue weighted by atomic mass is 10.1. The van der Waals surface area contributed by atoms with Crippen molar-refractivity contribution in [1.29, 1.82) is 0 Å². The summed E-state index contributed by atoms with van der Waals surface area (Å²) in [7, 11) is 0. The summed E-state index contributed by atoms with van der Waals surface area (Å²) in [5.74, 6) is 0.715. The van der Waals surface area contributed by atoms with E-state index in [1.165, 1.54) is 0 Å². The molecule has 0 saturated heterocycles. The topological polar surface area (TPSA) is 67.4 Å². The standard InChI is InChI=1S/C18H28N2O3/c1-13(2)11-18(22)20-16-7-5-15(6-8-16)19-17(21)9-10-23-12-14(3)4/h5-8,13-14H,9-12H2,1-4H3,(H,19,21)(H,20,22). The lowest BCUT2D eigenvalue weighted by Crippen LogP contribution is -2.16. The Bertz CT molecular complexity index is 495. The fourth-order valence-electron chi connectivity index (χ4n) is 1.93. The smallest absolute Gasteiger partial charge is 0.226 e. The monoisotopic (exact) mass is 320 g/mol. The first kappa shape index (κ1) is 19.2. The summed E-state index contributed by atoms with van der Waals surface area (Å²) in [6, 6.07) is 7.11. The van der Waals surface area contributed by atoms with Crippen LogP contribution in [0.5, 0.6) is 0 Å². The molecule has 2 N–H and O–H groups in total. The van der Waals surface area contributed by atoms with Crippen LogP contribution >= 0.6 is 0 Å². The minimum Gasteiger partial charge on any atom is -0.381 e. The zero-order valence-electron chi connectivity index (χ0n) is 14.5. The highest BCUT2D eigenvalue weighted by Gasteiger charge is 2.06. The number of ether oxygens (including phenoxy) is 1. The van der Waals surface area contributed by atoms with Gasteiger partial charge in [-0.1, -0.05) is 27.7 Å². The van der Waals surface area contributed by atoms with Gasteiger partial charge in [0.15, 0.2) is 0 Å². The number of rotatable bonds is 9. The van der Waals surface area contributed by atoms with Gasteiger partial charge in [-0.3, -0.25) is 9.59 Å². The molecule has 0 aliphatic carbocycles. The largest absolute Gasteiger partial charge is 0.381 e. The van der Waals surface area contributed by atoms with Crippen molar-refractivity contribution in [2.45, 2.75) is 40.5 Å². The van der Waals surface area contributed by atoms with E-state index in [2.05, 4.69) is 24.5 Å². The molecule has 0 spiro atoms. The molecule has 0 aromatic heterocycles. The van der Waals surface area contributed by atoms with Crippen LogP contribution in [0.1, 0.15) is 40.5 Å². The van der Waals surface area contributed by atoms with Crippen molar-refractivity contribution in [1.82, 2.24) is 0 Å². The van der Waals surface area contributed by atoms with Crippen LogP contribution in [-0.4, -0.2) is 25.0 Å². The van der Waals surface area contributed by atoms with E-state index >= 15 is 0 Å². The molecule has 0 unspecified atom stereocenters. The van der Waals surface area contributed by atoms with Crippen molar-refractivity contribution in [2.24, 2.45) is 11.8 Å². The highest BCUT2D eigenvalue weighted by molar-refractivity contribution is 5.93. The van der Waals surface area contributed by atoms with E-state index in [1.54, 1.807) is 24.3 Å². The summed E-state index contributed by atoms with van der Waals surface area (Å²) in [5.41, 5.74) is 1.44. The second-order valence-electron chi connectivity index (χ2n) is 6.49. The van der Waals surface area contributed by atoms with Gasteiger partial charge in [-0.2, -0.15) is 0 Å². The molecule has 0 fully saturated rings. The second kappa shape index (κ2) is 10.0. The third-order valence-corrected chi connectivity index (χ3v) is 2.97. The number of nitrogens with one attached hydrogen (secondary N) is 2. The lowest BCUT2D eigenvalue weighted by Gasteiger charge is -2.09. The fraction of sp³-hybridized carbons (Fsp3) is 0.556. The Labute approximate surface area is 138 Å². The Morgan fingerprint density at radius 1 is 0.913 bits per heavy atom. The van der Waals surface area contributed by atoms with Gasteiger partial charge in [-0.15, -0.1) is 0 Å². The van der Waals surface area contributed by atoms with E-state index in [-0.39, 0.29) is 11.8 Å². The first-order chi connectivity index (χ1) is 10.9. The van der Waals surface area contributed by atoms with E-state index in [4.69, 9.17) is 4.74 Å². The SMILES string of the molecule is CC(C)COCCC(=O)Nc1ccc(NC(=O)CC(C)C)cc1. The zero-order valence-corrected chi connectivity index (χ0v) is 14.5. The van der Waals surface area contributed by atoms with Gasteiger partial charge < -0.3 is 15.4 Å². The van der Waals surface area contributed by atoms with E-state index in [9.17, 15) is 9.59 Å². The minimum atomic E-state index is -0.0784. The lowest BCUT2D eigenvalue weighted by molar-refractivity contribution is -0.118. The highest BCUT2D eigenvalue weighted by Crippen LogP contribution is 2.14. The first-order valence-electron chi connectivity index (χ1n) is 8.14. The summed E-state index contributed by atoms with van der Waals surface area (Å²) in [5, 5.41) is 5.65. The third kappa shape index (κ3) is 8.98. The van der Waals surface area contributed by atoms with Crippen LogP contribution in [0, 0.1) is 11.8 Å². The summed E-state index contributed by atoms with van der Waals surface area (Å²) < 4.78 is 5.39. The van der Waals surface area contributed by atoms with Crippen LogP contribution in [0.4, 0.5) is 11.4 Å². The molecule has 1 aromatic rings. The normalized spacial score (nSPS) is 10.9. The molecule has 0 aliphatic rings. The van der Waals surface area contributed by atoms with Crippen molar-refractivity contribution in [3.05, 3.63) is 24.3 Å². The maximum Gasteiger partial charge on any atom is 0.226 e. The Balaban J connectivity index is 2.35. The van der Waals surface area contributed by atoms with Gasteiger partial charge in [-0.05, 0) is 36.1 Å². The fourth-order valence-corrected chi connectivity index (χ4v) is 1.93. The van der Waals surface area contributed by atoms with Crippen molar-refractivity contribution >= 4 is 23.2 Å². The Morgan fingerprint density at radius 2 is 1.43 bits per heavy atom. The predicted molar refractivity (Wildman–Crippen MR) is 93.4 cm³/mol. The van der Waals surface area contributed by atoms with E-state index in [0.717, 1.165) is 5.69 Å². The Hall–Kier alpha value is -1.88. The van der Waals surface area contributed by atoms with Gasteiger partial charge in [0.05, 0.1) is 13.0 Å². The summed E-state index contributed by atoms with van der Waals surface area (Å²) >= 11 is 0. The second-order valence-corrected chi connectivity index (χ2v) is 6.49. The van der Waals surface area contributed by atoms with Gasteiger partial charge in [-0.25, -0.2) is 0 Å². The summed E-state index contributed by atoms with van der Waals surface area (Å²) in [6.45, 7) is 9.24. The molecule has 0 radical (unpaired) electrons. The highest BCUT2D eigenvalue weighted by atomic mass is 16.5. The van der Waals surface area contributed by atoms with Crippen LogP contribution in [0.2, 0.25) is 0 Å². The first-order valence-corrected chi connectivity index (χ1v) is 8.14. The number of benzene rings is 1. The Kier molecular flexibility index (Phi) is 8.33. The van der Waals surface area contributed by atoms with Crippen molar-refractivity contribution in [3.63, 3.8) is 0 Å². The molecular weight excluding hydrogens is 292 g/mol. The number of hydrogen-bond acceptors (Lipinski definition) is 3. The molecule has 0 saturated carbocycles. The number of anilines is 2. The molecule has 128 valence electrons. The number of hydrogen-bond donors (Lipinski definition) is 2. The molecular formula is C18H28N2O3. The number of carbonyl (C=O) groups is 2. The molecule has 23 heavy (non-hydrogen) atoms. The molecule has 0 atom stereocenters. The summed E-state index contributed by atoms with van der Waals surface area (Å²) in [4.78, 5) is 23.5. The molecule has 0 aliphatic heterocycles.